The summed E-state index contributed by atoms with van der Waals surface area (Å²) in [4.78, 5) is 17.0. The largest absolute Gasteiger partial charge is 0.493 e. The van der Waals surface area contributed by atoms with Gasteiger partial charge in [-0.1, -0.05) is 12.1 Å². The van der Waals surface area contributed by atoms with E-state index in [1.807, 2.05) is 45.8 Å². The number of fused-ring (bicyclic) bond motifs is 1. The second kappa shape index (κ2) is 10.5. The fraction of sp³-hybridized carbons (Fsp3) is 0.458. The van der Waals surface area contributed by atoms with E-state index in [9.17, 15) is 4.79 Å². The Bertz CT molecular complexity index is 1090. The Morgan fingerprint density at radius 1 is 0.939 bits per heavy atom. The van der Waals surface area contributed by atoms with Crippen molar-refractivity contribution in [1.82, 2.24) is 24.4 Å². The van der Waals surface area contributed by atoms with Crippen molar-refractivity contribution >= 4 is 11.6 Å². The molecule has 4 rings (SSSR count). The Hall–Kier alpha value is -3.33. The number of carbonyl (C=O) groups is 1. The first kappa shape index (κ1) is 22.8. The van der Waals surface area contributed by atoms with Gasteiger partial charge in [-0.15, -0.1) is 10.2 Å². The topological polar surface area (TPSA) is 81.4 Å². The lowest BCUT2D eigenvalue weighted by Crippen LogP contribution is -2.48. The minimum absolute atomic E-state index is 0.201. The summed E-state index contributed by atoms with van der Waals surface area (Å²) in [6.07, 6.45) is 3.97. The Morgan fingerprint density at radius 3 is 2.45 bits per heavy atom. The number of hydrogen-bond acceptors (Lipinski definition) is 7. The molecule has 3 aromatic rings. The lowest BCUT2D eigenvalue weighted by molar-refractivity contribution is -0.133. The summed E-state index contributed by atoms with van der Waals surface area (Å²) >= 11 is 0. The number of methoxy groups -OCH3 is 3. The van der Waals surface area contributed by atoms with Crippen LogP contribution in [0.4, 0.5) is 0 Å². The number of carbonyl (C=O) groups excluding carboxylic acids is 1. The third-order valence-corrected chi connectivity index (χ3v) is 6.08. The smallest absolute Gasteiger partial charge is 0.222 e. The Balaban J connectivity index is 1.27. The van der Waals surface area contributed by atoms with Crippen molar-refractivity contribution in [2.24, 2.45) is 0 Å². The predicted octanol–water partition coefficient (Wildman–Crippen LogP) is 2.42. The molecule has 0 radical (unpaired) electrons. The molecule has 1 amide bonds. The van der Waals surface area contributed by atoms with Gasteiger partial charge < -0.3 is 19.1 Å². The molecule has 0 unspecified atom stereocenters. The molecule has 3 heterocycles. The third-order valence-electron chi connectivity index (χ3n) is 6.08. The number of aromatic nitrogens is 3. The van der Waals surface area contributed by atoms with Gasteiger partial charge >= 0.3 is 0 Å². The average Bonchev–Trinajstić information content (AvgIpc) is 3.27. The van der Waals surface area contributed by atoms with Gasteiger partial charge in [-0.05, 0) is 24.6 Å². The van der Waals surface area contributed by atoms with Crippen LogP contribution in [-0.4, -0.2) is 77.8 Å². The Morgan fingerprint density at radius 2 is 1.73 bits per heavy atom. The second-order valence-electron chi connectivity index (χ2n) is 8.05. The summed E-state index contributed by atoms with van der Waals surface area (Å²) in [5.74, 6) is 3.04. The highest BCUT2D eigenvalue weighted by Crippen LogP contribution is 2.40. The third kappa shape index (κ3) is 5.03. The van der Waals surface area contributed by atoms with Crippen molar-refractivity contribution in [2.45, 2.75) is 25.8 Å². The lowest BCUT2D eigenvalue weighted by atomic mass is 10.1. The van der Waals surface area contributed by atoms with Gasteiger partial charge in [0, 0.05) is 57.3 Å². The van der Waals surface area contributed by atoms with E-state index in [1.54, 1.807) is 21.3 Å². The van der Waals surface area contributed by atoms with Crippen molar-refractivity contribution in [3.63, 3.8) is 0 Å². The molecular weight excluding hydrogens is 422 g/mol. The highest BCUT2D eigenvalue weighted by atomic mass is 16.5. The number of aryl methyl sites for hydroxylation is 1. The zero-order chi connectivity index (χ0) is 23.2. The Labute approximate surface area is 193 Å². The quantitative estimate of drug-likeness (QED) is 0.492. The summed E-state index contributed by atoms with van der Waals surface area (Å²) in [5, 5.41) is 8.42. The average molecular weight is 454 g/mol. The molecule has 1 aromatic carbocycles. The highest BCUT2D eigenvalue weighted by molar-refractivity contribution is 5.76. The Kier molecular flexibility index (Phi) is 7.29. The number of amides is 1. The number of pyridine rings is 1. The van der Waals surface area contributed by atoms with Gasteiger partial charge in [0.25, 0.3) is 0 Å². The molecule has 9 nitrogen and oxygen atoms in total. The van der Waals surface area contributed by atoms with Gasteiger partial charge in [0.15, 0.2) is 17.1 Å². The van der Waals surface area contributed by atoms with Crippen LogP contribution in [0.5, 0.6) is 17.2 Å². The summed E-state index contributed by atoms with van der Waals surface area (Å²) in [5.41, 5.74) is 1.87. The van der Waals surface area contributed by atoms with Crippen LogP contribution in [0.25, 0.3) is 5.65 Å². The zero-order valence-corrected chi connectivity index (χ0v) is 19.5. The number of piperazine rings is 1. The van der Waals surface area contributed by atoms with Crippen LogP contribution in [0.15, 0.2) is 36.5 Å². The first-order valence-electron chi connectivity index (χ1n) is 11.2. The fourth-order valence-electron chi connectivity index (χ4n) is 4.30. The van der Waals surface area contributed by atoms with E-state index < -0.39 is 0 Å². The van der Waals surface area contributed by atoms with Crippen LogP contribution in [0.2, 0.25) is 0 Å². The molecule has 9 heteroatoms. The molecule has 0 saturated carbocycles. The second-order valence-corrected chi connectivity index (χ2v) is 8.05. The minimum Gasteiger partial charge on any atom is -0.493 e. The summed E-state index contributed by atoms with van der Waals surface area (Å²) in [6.45, 7) is 3.81. The molecule has 1 aliphatic rings. The highest BCUT2D eigenvalue weighted by Gasteiger charge is 2.23. The van der Waals surface area contributed by atoms with Gasteiger partial charge in [0.05, 0.1) is 21.3 Å². The molecule has 2 aromatic heterocycles. The molecule has 0 spiro atoms. The summed E-state index contributed by atoms with van der Waals surface area (Å²) in [7, 11) is 4.86. The van der Waals surface area contributed by atoms with Gasteiger partial charge in [0.1, 0.15) is 5.82 Å². The molecule has 1 aliphatic heterocycles. The molecule has 0 N–H and O–H groups in total. The summed E-state index contributed by atoms with van der Waals surface area (Å²) in [6, 6.07) is 9.74. The van der Waals surface area contributed by atoms with Crippen molar-refractivity contribution < 1.29 is 19.0 Å². The van der Waals surface area contributed by atoms with E-state index in [0.717, 1.165) is 62.6 Å². The zero-order valence-electron chi connectivity index (χ0n) is 19.5. The van der Waals surface area contributed by atoms with Crippen LogP contribution in [0, 0.1) is 0 Å². The fourth-order valence-corrected chi connectivity index (χ4v) is 4.30. The molecular formula is C24H31N5O4. The molecule has 0 atom stereocenters. The van der Waals surface area contributed by atoms with E-state index in [-0.39, 0.29) is 5.91 Å². The molecule has 33 heavy (non-hydrogen) atoms. The first-order valence-corrected chi connectivity index (χ1v) is 11.2. The maximum Gasteiger partial charge on any atom is 0.222 e. The van der Waals surface area contributed by atoms with E-state index in [4.69, 9.17) is 14.2 Å². The van der Waals surface area contributed by atoms with Crippen LogP contribution in [0.3, 0.4) is 0 Å². The monoisotopic (exact) mass is 453 g/mol. The normalized spacial score (nSPS) is 14.5. The number of rotatable bonds is 9. The molecule has 0 bridgehead atoms. The van der Waals surface area contributed by atoms with E-state index in [2.05, 4.69) is 15.1 Å². The molecule has 176 valence electrons. The molecule has 1 fully saturated rings. The van der Waals surface area contributed by atoms with Crippen LogP contribution in [0.1, 0.15) is 24.2 Å². The minimum atomic E-state index is 0.201. The maximum absolute atomic E-state index is 12.7. The standard InChI is InChI=1S/C24H31N5O4/c1-31-19-11-10-18(23(32-2)24(19)33-3)17-27-13-15-28(16-14-27)22(30)9-6-8-21-26-25-20-7-4-5-12-29(20)21/h4-5,7,10-12H,6,8-9,13-17H2,1-3H3. The first-order chi connectivity index (χ1) is 16.1. The predicted molar refractivity (Wildman–Crippen MR) is 124 cm³/mol. The van der Waals surface area contributed by atoms with E-state index >= 15 is 0 Å². The van der Waals surface area contributed by atoms with Gasteiger partial charge in [-0.2, -0.15) is 0 Å². The van der Waals surface area contributed by atoms with Crippen molar-refractivity contribution in [1.29, 1.82) is 0 Å². The maximum atomic E-state index is 12.7. The lowest BCUT2D eigenvalue weighted by Gasteiger charge is -2.35. The van der Waals surface area contributed by atoms with Gasteiger partial charge in [0.2, 0.25) is 11.7 Å². The number of ether oxygens (including phenoxy) is 3. The number of benzene rings is 1. The SMILES string of the molecule is COc1ccc(CN2CCN(C(=O)CCCc3nnc4ccccn34)CC2)c(OC)c1OC. The van der Waals surface area contributed by atoms with Crippen molar-refractivity contribution in [2.75, 3.05) is 47.5 Å². The molecule has 1 saturated heterocycles. The van der Waals surface area contributed by atoms with Crippen LogP contribution < -0.4 is 14.2 Å². The van der Waals surface area contributed by atoms with E-state index in [0.29, 0.717) is 23.7 Å². The summed E-state index contributed by atoms with van der Waals surface area (Å²) < 4.78 is 18.4. The van der Waals surface area contributed by atoms with E-state index in [1.165, 1.54) is 0 Å². The van der Waals surface area contributed by atoms with Gasteiger partial charge in [-0.25, -0.2) is 0 Å². The number of hydrogen-bond donors (Lipinski definition) is 0. The molecule has 0 aliphatic carbocycles. The van der Waals surface area contributed by atoms with Crippen LogP contribution in [-0.2, 0) is 17.8 Å². The van der Waals surface area contributed by atoms with Crippen molar-refractivity contribution in [3.05, 3.63) is 47.9 Å². The van der Waals surface area contributed by atoms with Crippen LogP contribution >= 0.6 is 0 Å². The van der Waals surface area contributed by atoms with Gasteiger partial charge in [-0.3, -0.25) is 14.1 Å². The van der Waals surface area contributed by atoms with Crippen molar-refractivity contribution in [3.8, 4) is 17.2 Å². The number of nitrogens with zero attached hydrogens (tertiary/aromatic N) is 5.